The summed E-state index contributed by atoms with van der Waals surface area (Å²) in [6.07, 6.45) is 1.52. The molecule has 36 heavy (non-hydrogen) atoms. The maximum absolute atomic E-state index is 12.2. The van der Waals surface area contributed by atoms with Crippen LogP contribution in [0.15, 0.2) is 43.0 Å². The Morgan fingerprint density at radius 1 is 1.14 bits per heavy atom. The quantitative estimate of drug-likeness (QED) is 0.257. The van der Waals surface area contributed by atoms with Crippen molar-refractivity contribution < 1.29 is 15.0 Å². The summed E-state index contributed by atoms with van der Waals surface area (Å²) < 4.78 is 1.61. The number of carbonyl (C=O) groups excluding carboxylic acids is 1. The number of rotatable bonds is 6. The second kappa shape index (κ2) is 9.57. The Labute approximate surface area is 206 Å². The highest BCUT2D eigenvalue weighted by Gasteiger charge is 2.45. The second-order valence-electron chi connectivity index (χ2n) is 8.78. The van der Waals surface area contributed by atoms with Gasteiger partial charge in [-0.05, 0) is 37.6 Å². The first-order valence-electron chi connectivity index (χ1n) is 11.5. The van der Waals surface area contributed by atoms with Gasteiger partial charge in [-0.15, -0.1) is 0 Å². The maximum Gasteiger partial charge on any atom is 0.239 e. The molecular weight excluding hydrogens is 462 g/mol. The lowest BCUT2D eigenvalue weighted by Crippen LogP contribution is -2.45. The average Bonchev–Trinajstić information content (AvgIpc) is 3.43. The zero-order valence-corrected chi connectivity index (χ0v) is 20.0. The van der Waals surface area contributed by atoms with Crippen molar-refractivity contribution in [3.05, 3.63) is 59.9 Å². The van der Waals surface area contributed by atoms with Gasteiger partial charge in [0, 0.05) is 30.7 Å². The Kier molecular flexibility index (Phi) is 6.31. The molecule has 4 atom stereocenters. The molecule has 12 heteroatoms. The van der Waals surface area contributed by atoms with Crippen LogP contribution in [0.2, 0.25) is 0 Å². The monoisotopic (exact) mass is 489 g/mol. The number of aliphatic hydroxyl groups excluding tert-OH is 2. The summed E-state index contributed by atoms with van der Waals surface area (Å²) in [4.78, 5) is 34.9. The fourth-order valence-electron chi connectivity index (χ4n) is 4.32. The van der Waals surface area contributed by atoms with E-state index in [0.29, 0.717) is 34.9 Å². The third-order valence-electron chi connectivity index (χ3n) is 6.13. The molecule has 0 saturated carbocycles. The number of imidazole rings is 1. The third kappa shape index (κ3) is 4.37. The van der Waals surface area contributed by atoms with Gasteiger partial charge in [-0.25, -0.2) is 15.0 Å². The summed E-state index contributed by atoms with van der Waals surface area (Å²) >= 11 is 0. The van der Waals surface area contributed by atoms with Crippen molar-refractivity contribution in [2.75, 3.05) is 12.4 Å². The summed E-state index contributed by atoms with van der Waals surface area (Å²) in [6, 6.07) is 6.72. The Morgan fingerprint density at radius 2 is 1.97 bits per heavy atom. The van der Waals surface area contributed by atoms with Gasteiger partial charge in [-0.2, -0.15) is 0 Å². The number of likely N-dealkylation sites (N-methyl/N-ethyl adjacent to an activating group) is 1. The first-order chi connectivity index (χ1) is 17.4. The zero-order valence-electron chi connectivity index (χ0n) is 20.0. The van der Waals surface area contributed by atoms with Crippen molar-refractivity contribution in [1.82, 2.24) is 40.1 Å². The van der Waals surface area contributed by atoms with Crippen LogP contribution in [0.5, 0.6) is 0 Å². The van der Waals surface area contributed by atoms with Crippen LogP contribution in [0.25, 0.3) is 22.6 Å². The second-order valence-corrected chi connectivity index (χ2v) is 8.78. The van der Waals surface area contributed by atoms with E-state index in [0.717, 1.165) is 17.0 Å². The molecule has 4 aromatic heterocycles. The molecule has 0 aromatic carbocycles. The predicted octanol–water partition coefficient (Wildman–Crippen LogP) is 0.450. The van der Waals surface area contributed by atoms with E-state index in [1.165, 1.54) is 13.4 Å². The third-order valence-corrected chi connectivity index (χ3v) is 6.13. The highest BCUT2D eigenvalue weighted by molar-refractivity contribution is 5.86. The van der Waals surface area contributed by atoms with Crippen molar-refractivity contribution in [2.24, 2.45) is 0 Å². The SMILES string of the molecule is CNC(=O)[C@H]1N[C@@H](n2cnc3c(NCc4cccc(C)n4)nc(-c4cncc(C)c4)nc32)[C@H](O)[C@@H]1O. The largest absolute Gasteiger partial charge is 0.388 e. The van der Waals surface area contributed by atoms with Crippen molar-refractivity contribution >= 4 is 22.9 Å². The lowest BCUT2D eigenvalue weighted by Gasteiger charge is -2.18. The number of fused-ring (bicyclic) bond motifs is 1. The molecule has 0 unspecified atom stereocenters. The normalized spacial score (nSPS) is 21.6. The Hall–Kier alpha value is -4.00. The topological polar surface area (TPSA) is 163 Å². The molecule has 0 spiro atoms. The summed E-state index contributed by atoms with van der Waals surface area (Å²) in [5.41, 5.74) is 4.30. The number of anilines is 1. The Bertz CT molecular complexity index is 1420. The van der Waals surface area contributed by atoms with Crippen LogP contribution in [0.1, 0.15) is 23.1 Å². The lowest BCUT2D eigenvalue weighted by molar-refractivity contribution is -0.125. The van der Waals surface area contributed by atoms with E-state index in [2.05, 4.69) is 30.9 Å². The molecule has 5 N–H and O–H groups in total. The van der Waals surface area contributed by atoms with Crippen molar-refractivity contribution in [2.45, 2.75) is 44.8 Å². The predicted molar refractivity (Wildman–Crippen MR) is 132 cm³/mol. The first-order valence-corrected chi connectivity index (χ1v) is 11.5. The number of nitrogens with zero attached hydrogens (tertiary/aromatic N) is 6. The van der Waals surface area contributed by atoms with Gasteiger partial charge >= 0.3 is 0 Å². The van der Waals surface area contributed by atoms with E-state index >= 15 is 0 Å². The van der Waals surface area contributed by atoms with Crippen molar-refractivity contribution in [3.63, 3.8) is 0 Å². The summed E-state index contributed by atoms with van der Waals surface area (Å²) in [5.74, 6) is 0.466. The number of aromatic nitrogens is 6. The van der Waals surface area contributed by atoms with E-state index in [9.17, 15) is 15.0 Å². The molecule has 5 heterocycles. The van der Waals surface area contributed by atoms with Gasteiger partial charge in [-0.1, -0.05) is 6.07 Å². The molecule has 0 bridgehead atoms. The highest BCUT2D eigenvalue weighted by Crippen LogP contribution is 2.30. The number of amides is 1. The molecule has 5 rings (SSSR count). The number of pyridine rings is 2. The van der Waals surface area contributed by atoms with Gasteiger partial charge in [-0.3, -0.25) is 24.6 Å². The van der Waals surface area contributed by atoms with Crippen LogP contribution in [0.4, 0.5) is 5.82 Å². The van der Waals surface area contributed by atoms with E-state index in [-0.39, 0.29) is 0 Å². The minimum atomic E-state index is -1.31. The summed E-state index contributed by atoms with van der Waals surface area (Å²) in [7, 11) is 1.47. The van der Waals surface area contributed by atoms with Crippen LogP contribution in [0.3, 0.4) is 0 Å². The number of aryl methyl sites for hydroxylation is 2. The molecule has 1 aliphatic heterocycles. The number of carbonyl (C=O) groups is 1. The number of hydrogen-bond acceptors (Lipinski definition) is 10. The van der Waals surface area contributed by atoms with Crippen LogP contribution in [-0.4, -0.2) is 70.9 Å². The molecular formula is C24H27N9O3. The number of aliphatic hydroxyl groups is 2. The standard InChI is InChI=1S/C24H27N9O3/c1-12-7-14(9-26-8-12)20-31-21(27-10-15-6-4-5-13(2)29-15)17-22(32-20)33(11-28-17)23-19(35)18(34)16(30-23)24(36)25-3/h4-9,11,16,18-19,23,30,34-35H,10H2,1-3H3,(H,25,36)(H,27,31,32)/t16-,18+,19+,23-/m0/s1. The van der Waals surface area contributed by atoms with Gasteiger partial charge in [0.1, 0.15) is 24.4 Å². The van der Waals surface area contributed by atoms with E-state index in [1.807, 2.05) is 38.1 Å². The Morgan fingerprint density at radius 3 is 2.72 bits per heavy atom. The summed E-state index contributed by atoms with van der Waals surface area (Å²) in [5, 5.41) is 30.0. The van der Waals surface area contributed by atoms with Crippen molar-refractivity contribution in [3.8, 4) is 11.4 Å². The van der Waals surface area contributed by atoms with Crippen LogP contribution in [-0.2, 0) is 11.3 Å². The van der Waals surface area contributed by atoms with Gasteiger partial charge in [0.05, 0.1) is 18.6 Å². The molecule has 12 nitrogen and oxygen atoms in total. The fraction of sp³-hybridized carbons (Fsp3) is 0.333. The molecule has 1 fully saturated rings. The average molecular weight is 490 g/mol. The zero-order chi connectivity index (χ0) is 25.4. The molecule has 0 radical (unpaired) electrons. The maximum atomic E-state index is 12.2. The molecule has 0 aliphatic carbocycles. The molecule has 1 aliphatic rings. The fourth-order valence-corrected chi connectivity index (χ4v) is 4.32. The molecule has 1 saturated heterocycles. The van der Waals surface area contributed by atoms with E-state index in [1.54, 1.807) is 17.0 Å². The minimum Gasteiger partial charge on any atom is -0.388 e. The lowest BCUT2D eigenvalue weighted by atomic mass is 10.1. The van der Waals surface area contributed by atoms with Crippen molar-refractivity contribution in [1.29, 1.82) is 0 Å². The van der Waals surface area contributed by atoms with E-state index < -0.39 is 30.3 Å². The van der Waals surface area contributed by atoms with Gasteiger partial charge in [0.15, 0.2) is 22.8 Å². The first kappa shape index (κ1) is 23.7. The molecule has 186 valence electrons. The van der Waals surface area contributed by atoms with Crippen LogP contribution in [0, 0.1) is 13.8 Å². The number of nitrogens with one attached hydrogen (secondary N) is 3. The summed E-state index contributed by atoms with van der Waals surface area (Å²) in [6.45, 7) is 4.27. The van der Waals surface area contributed by atoms with Gasteiger partial charge in [0.25, 0.3) is 0 Å². The molecule has 1 amide bonds. The Balaban J connectivity index is 1.58. The highest BCUT2D eigenvalue weighted by atomic mass is 16.3. The molecule has 4 aromatic rings. The van der Waals surface area contributed by atoms with E-state index in [4.69, 9.17) is 9.97 Å². The van der Waals surface area contributed by atoms with Crippen LogP contribution < -0.4 is 16.0 Å². The van der Waals surface area contributed by atoms with Gasteiger partial charge < -0.3 is 20.8 Å². The number of hydrogen-bond donors (Lipinski definition) is 5. The minimum absolute atomic E-state index is 0.411. The smallest absolute Gasteiger partial charge is 0.239 e. The van der Waals surface area contributed by atoms with Crippen LogP contribution >= 0.6 is 0 Å². The van der Waals surface area contributed by atoms with Gasteiger partial charge in [0.2, 0.25) is 5.91 Å².